The van der Waals surface area contributed by atoms with E-state index in [4.69, 9.17) is 0 Å². The Morgan fingerprint density at radius 2 is 1.45 bits per heavy atom. The number of carbonyl (C=O) groups is 1. The molecule has 2 aromatic rings. The molecule has 1 aliphatic rings. The Morgan fingerprint density at radius 1 is 0.828 bits per heavy atom. The van der Waals surface area contributed by atoms with E-state index >= 15 is 0 Å². The molecule has 0 aliphatic carbocycles. The van der Waals surface area contributed by atoms with Gasteiger partial charge in [-0.05, 0) is 48.9 Å². The zero-order valence-corrected chi connectivity index (χ0v) is 17.7. The molecule has 0 radical (unpaired) electrons. The number of likely N-dealkylation sites (tertiary alicyclic amines) is 1. The third-order valence-corrected chi connectivity index (χ3v) is 6.85. The van der Waals surface area contributed by atoms with E-state index in [9.17, 15) is 13.2 Å². The van der Waals surface area contributed by atoms with Crippen molar-refractivity contribution in [3.8, 4) is 0 Å². The van der Waals surface area contributed by atoms with Crippen LogP contribution in [-0.4, -0.2) is 38.9 Å². The average Bonchev–Trinajstić information content (AvgIpc) is 3.03. The van der Waals surface area contributed by atoms with Crippen LogP contribution in [0.4, 0.5) is 0 Å². The van der Waals surface area contributed by atoms with Gasteiger partial charge in [-0.2, -0.15) is 0 Å². The number of hydrogen-bond donors (Lipinski definition) is 1. The van der Waals surface area contributed by atoms with Crippen molar-refractivity contribution in [2.24, 2.45) is 0 Å². The van der Waals surface area contributed by atoms with Crippen LogP contribution in [0.3, 0.4) is 0 Å². The number of amides is 1. The summed E-state index contributed by atoms with van der Waals surface area (Å²) in [5, 5.41) is 0. The van der Waals surface area contributed by atoms with Crippen LogP contribution in [0.25, 0.3) is 0 Å². The topological polar surface area (TPSA) is 66.5 Å². The molecule has 29 heavy (non-hydrogen) atoms. The zero-order chi connectivity index (χ0) is 20.5. The number of hydrogen-bond acceptors (Lipinski definition) is 3. The van der Waals surface area contributed by atoms with E-state index in [2.05, 4.69) is 4.72 Å². The fraction of sp³-hybridized carbons (Fsp3) is 0.435. The van der Waals surface area contributed by atoms with Gasteiger partial charge < -0.3 is 4.90 Å². The number of sulfonamides is 1. The average molecular weight is 415 g/mol. The van der Waals surface area contributed by atoms with Crippen molar-refractivity contribution in [2.75, 3.05) is 19.6 Å². The van der Waals surface area contributed by atoms with Crippen LogP contribution < -0.4 is 4.72 Å². The SMILES string of the molecule is O=C(CCc1ccc(S(=O)(=O)NCCc2ccccc2)cc1)N1CCCCCC1. The molecule has 6 heteroatoms. The van der Waals surface area contributed by atoms with Gasteiger partial charge in [0.1, 0.15) is 0 Å². The second kappa shape index (κ2) is 10.6. The first-order valence-electron chi connectivity index (χ1n) is 10.4. The molecule has 0 bridgehead atoms. The summed E-state index contributed by atoms with van der Waals surface area (Å²) in [4.78, 5) is 14.6. The van der Waals surface area contributed by atoms with Crippen LogP contribution in [0.5, 0.6) is 0 Å². The van der Waals surface area contributed by atoms with Gasteiger partial charge in [-0.3, -0.25) is 4.79 Å². The number of carbonyl (C=O) groups excluding carboxylic acids is 1. The smallest absolute Gasteiger partial charge is 0.240 e. The molecule has 3 rings (SSSR count). The first kappa shape index (κ1) is 21.5. The zero-order valence-electron chi connectivity index (χ0n) is 16.8. The van der Waals surface area contributed by atoms with Gasteiger partial charge in [-0.25, -0.2) is 13.1 Å². The van der Waals surface area contributed by atoms with Crippen molar-refractivity contribution in [1.29, 1.82) is 0 Å². The Balaban J connectivity index is 1.48. The van der Waals surface area contributed by atoms with E-state index in [0.717, 1.165) is 37.1 Å². The van der Waals surface area contributed by atoms with Gasteiger partial charge in [0.2, 0.25) is 15.9 Å². The molecule has 156 valence electrons. The van der Waals surface area contributed by atoms with Crippen LogP contribution in [0.15, 0.2) is 59.5 Å². The maximum atomic E-state index is 12.5. The van der Waals surface area contributed by atoms with Gasteiger partial charge in [-0.1, -0.05) is 55.3 Å². The Hall–Kier alpha value is -2.18. The van der Waals surface area contributed by atoms with Gasteiger partial charge in [0.05, 0.1) is 4.90 Å². The van der Waals surface area contributed by atoms with Gasteiger partial charge in [0.15, 0.2) is 0 Å². The van der Waals surface area contributed by atoms with Crippen LogP contribution in [0.2, 0.25) is 0 Å². The third-order valence-electron chi connectivity index (χ3n) is 5.37. The van der Waals surface area contributed by atoms with Crippen molar-refractivity contribution in [3.05, 3.63) is 65.7 Å². The maximum absolute atomic E-state index is 12.5. The number of aryl methyl sites for hydroxylation is 1. The summed E-state index contributed by atoms with van der Waals surface area (Å²) in [6.45, 7) is 2.09. The van der Waals surface area contributed by atoms with Crippen LogP contribution in [-0.2, 0) is 27.7 Å². The predicted octanol–water partition coefficient (Wildman–Crippen LogP) is 3.54. The van der Waals surface area contributed by atoms with Crippen molar-refractivity contribution >= 4 is 15.9 Å². The monoisotopic (exact) mass is 414 g/mol. The lowest BCUT2D eigenvalue weighted by Crippen LogP contribution is -2.31. The first-order valence-corrected chi connectivity index (χ1v) is 11.9. The Morgan fingerprint density at radius 3 is 2.10 bits per heavy atom. The summed E-state index contributed by atoms with van der Waals surface area (Å²) in [6, 6.07) is 16.7. The fourth-order valence-corrected chi connectivity index (χ4v) is 4.65. The molecular formula is C23H30N2O3S. The second-order valence-corrected chi connectivity index (χ2v) is 9.34. The lowest BCUT2D eigenvalue weighted by atomic mass is 10.1. The highest BCUT2D eigenvalue weighted by Gasteiger charge is 2.16. The molecule has 0 unspecified atom stereocenters. The van der Waals surface area contributed by atoms with Crippen LogP contribution >= 0.6 is 0 Å². The summed E-state index contributed by atoms with van der Waals surface area (Å²) in [5.41, 5.74) is 2.08. The minimum absolute atomic E-state index is 0.200. The quantitative estimate of drug-likeness (QED) is 0.718. The standard InChI is InChI=1S/C23H30N2O3S/c26-23(25-18-6-1-2-7-19-25)15-12-21-10-13-22(14-11-21)29(27,28)24-17-16-20-8-4-3-5-9-20/h3-5,8-11,13-14,24H,1-2,6-7,12,15-19H2. The van der Waals surface area contributed by atoms with E-state index < -0.39 is 10.0 Å². The maximum Gasteiger partial charge on any atom is 0.240 e. The molecule has 2 aromatic carbocycles. The molecule has 0 spiro atoms. The van der Waals surface area contributed by atoms with E-state index in [1.807, 2.05) is 47.4 Å². The summed E-state index contributed by atoms with van der Waals surface area (Å²) in [7, 11) is -3.52. The molecule has 1 N–H and O–H groups in total. The molecule has 1 fully saturated rings. The molecule has 0 saturated carbocycles. The van der Waals surface area contributed by atoms with Gasteiger partial charge >= 0.3 is 0 Å². The van der Waals surface area contributed by atoms with E-state index in [1.54, 1.807) is 12.1 Å². The van der Waals surface area contributed by atoms with Crippen molar-refractivity contribution < 1.29 is 13.2 Å². The first-order chi connectivity index (χ1) is 14.0. The number of rotatable bonds is 8. The second-order valence-electron chi connectivity index (χ2n) is 7.57. The minimum Gasteiger partial charge on any atom is -0.343 e. The normalized spacial score (nSPS) is 15.1. The molecule has 1 heterocycles. The lowest BCUT2D eigenvalue weighted by molar-refractivity contribution is -0.131. The van der Waals surface area contributed by atoms with Gasteiger partial charge in [-0.15, -0.1) is 0 Å². The molecule has 1 aliphatic heterocycles. The highest BCUT2D eigenvalue weighted by Crippen LogP contribution is 2.14. The summed E-state index contributed by atoms with van der Waals surface area (Å²) in [6.07, 6.45) is 6.36. The van der Waals surface area contributed by atoms with Crippen molar-refractivity contribution in [3.63, 3.8) is 0 Å². The van der Waals surface area contributed by atoms with E-state index in [0.29, 0.717) is 25.8 Å². The molecule has 0 aromatic heterocycles. The molecule has 1 amide bonds. The van der Waals surface area contributed by atoms with Gasteiger partial charge in [0.25, 0.3) is 0 Å². The fourth-order valence-electron chi connectivity index (χ4n) is 3.62. The lowest BCUT2D eigenvalue weighted by Gasteiger charge is -2.20. The van der Waals surface area contributed by atoms with E-state index in [1.165, 1.54) is 12.8 Å². The minimum atomic E-state index is -3.52. The molecular weight excluding hydrogens is 384 g/mol. The summed E-state index contributed by atoms with van der Waals surface area (Å²) in [5.74, 6) is 0.200. The Labute approximate surface area is 174 Å². The predicted molar refractivity (Wildman–Crippen MR) is 115 cm³/mol. The van der Waals surface area contributed by atoms with Crippen LogP contribution in [0, 0.1) is 0 Å². The molecule has 0 atom stereocenters. The van der Waals surface area contributed by atoms with Gasteiger partial charge in [0, 0.05) is 26.1 Å². The Bertz CT molecular complexity index is 872. The molecule has 1 saturated heterocycles. The van der Waals surface area contributed by atoms with Crippen LogP contribution in [0.1, 0.15) is 43.2 Å². The summed E-state index contributed by atoms with van der Waals surface area (Å²) < 4.78 is 27.6. The van der Waals surface area contributed by atoms with E-state index in [-0.39, 0.29) is 10.8 Å². The summed E-state index contributed by atoms with van der Waals surface area (Å²) >= 11 is 0. The van der Waals surface area contributed by atoms with Crippen molar-refractivity contribution in [2.45, 2.75) is 49.8 Å². The number of nitrogens with one attached hydrogen (secondary N) is 1. The molecule has 5 nitrogen and oxygen atoms in total. The third kappa shape index (κ3) is 6.68. The number of nitrogens with zero attached hydrogens (tertiary/aromatic N) is 1. The van der Waals surface area contributed by atoms with Crippen molar-refractivity contribution in [1.82, 2.24) is 9.62 Å². The number of benzene rings is 2. The highest BCUT2D eigenvalue weighted by atomic mass is 32.2. The highest BCUT2D eigenvalue weighted by molar-refractivity contribution is 7.89. The largest absolute Gasteiger partial charge is 0.343 e. The Kier molecular flexibility index (Phi) is 7.83.